The summed E-state index contributed by atoms with van der Waals surface area (Å²) in [6.07, 6.45) is 6.29. The number of amides is 2. The Kier molecular flexibility index (Phi) is 9.66. The first kappa shape index (κ1) is 33.0. The number of carbonyl (C=O) groups is 2. The van der Waals surface area contributed by atoms with E-state index in [0.717, 1.165) is 6.42 Å². The summed E-state index contributed by atoms with van der Waals surface area (Å²) in [5, 5.41) is 32.4. The number of nitrogens with one attached hydrogen (secondary N) is 3. The monoisotopic (exact) mass is 693 g/mol. The molecule has 0 spiro atoms. The van der Waals surface area contributed by atoms with Crippen LogP contribution in [-0.2, 0) is 14.8 Å². The van der Waals surface area contributed by atoms with Gasteiger partial charge in [-0.1, -0.05) is 23.7 Å². The molecule has 17 heteroatoms. The van der Waals surface area contributed by atoms with Gasteiger partial charge in [0, 0.05) is 35.4 Å². The molecular formula is C31H32ClN9O6S. The number of H-pyrrole nitrogens is 1. The summed E-state index contributed by atoms with van der Waals surface area (Å²) in [7, 11) is -3.37. The van der Waals surface area contributed by atoms with Crippen molar-refractivity contribution in [3.8, 4) is 16.8 Å². The van der Waals surface area contributed by atoms with Gasteiger partial charge < -0.3 is 10.4 Å². The summed E-state index contributed by atoms with van der Waals surface area (Å²) in [6.45, 7) is 0.791. The van der Waals surface area contributed by atoms with Crippen molar-refractivity contribution < 1.29 is 23.1 Å². The molecule has 2 aromatic carbocycles. The van der Waals surface area contributed by atoms with Crippen LogP contribution in [-0.4, -0.2) is 78.6 Å². The maximum atomic E-state index is 13.5. The summed E-state index contributed by atoms with van der Waals surface area (Å²) in [6, 6.07) is 12.2. The molecule has 2 atom stereocenters. The second-order valence-corrected chi connectivity index (χ2v) is 14.4. The number of rotatable bonds is 11. The Bertz CT molecular complexity index is 2000. The highest BCUT2D eigenvalue weighted by molar-refractivity contribution is 7.90. The van der Waals surface area contributed by atoms with Crippen LogP contribution in [0, 0.1) is 5.92 Å². The van der Waals surface area contributed by atoms with E-state index in [0.29, 0.717) is 72.0 Å². The van der Waals surface area contributed by atoms with E-state index in [1.165, 1.54) is 29.2 Å². The molecule has 3 heterocycles. The molecule has 6 rings (SSSR count). The van der Waals surface area contributed by atoms with E-state index in [1.54, 1.807) is 46.8 Å². The first-order chi connectivity index (χ1) is 23.1. The molecule has 1 unspecified atom stereocenters. The Morgan fingerprint density at radius 1 is 1.12 bits per heavy atom. The lowest BCUT2D eigenvalue weighted by Gasteiger charge is -2.33. The zero-order chi connectivity index (χ0) is 33.8. The molecule has 1 saturated heterocycles. The van der Waals surface area contributed by atoms with E-state index in [9.17, 15) is 22.8 Å². The number of tetrazole rings is 1. The fourth-order valence-electron chi connectivity index (χ4n) is 5.81. The minimum Gasteiger partial charge on any atom is -0.465 e. The molecule has 1 aliphatic carbocycles. The van der Waals surface area contributed by atoms with Crippen LogP contribution in [0.3, 0.4) is 0 Å². The van der Waals surface area contributed by atoms with E-state index in [1.807, 2.05) is 0 Å². The number of carbonyl (C=O) groups excluding carboxylic acids is 1. The van der Waals surface area contributed by atoms with Crippen LogP contribution in [0.15, 0.2) is 65.7 Å². The lowest BCUT2D eigenvalue weighted by atomic mass is 9.90. The van der Waals surface area contributed by atoms with Gasteiger partial charge in [-0.05, 0) is 96.5 Å². The van der Waals surface area contributed by atoms with Crippen LogP contribution in [0.1, 0.15) is 49.4 Å². The van der Waals surface area contributed by atoms with Crippen molar-refractivity contribution in [1.29, 1.82) is 0 Å². The third kappa shape index (κ3) is 7.78. The average molecular weight is 694 g/mol. The average Bonchev–Trinajstić information content (AvgIpc) is 3.80. The standard InChI is InChI=1S/C31H32ClN9O6S/c32-22-6-11-28(41-18-33-38-39-41)21(15-22)5-12-29(42)35-26(14-19-2-1-13-40(17-19)48(46,47)24-9-10-24)27-16-25(30(43)37-36-27)20-3-7-23(8-4-20)34-31(44)45/h3-8,11-12,15-16,18-19,24,26,34H,1-2,9-10,13-14,17H2,(H,35,42)(H,37,43)(H,44,45)/b12-5+/t19?,26-/m0/s1. The van der Waals surface area contributed by atoms with Crippen molar-refractivity contribution in [2.75, 3.05) is 18.4 Å². The molecule has 0 bridgehead atoms. The Morgan fingerprint density at radius 2 is 1.92 bits per heavy atom. The molecule has 4 aromatic rings. The fraction of sp³-hybridized carbons (Fsp3) is 0.323. The fourth-order valence-corrected chi connectivity index (χ4v) is 7.95. The highest BCUT2D eigenvalue weighted by atomic mass is 35.5. The lowest BCUT2D eigenvalue weighted by molar-refractivity contribution is -0.117. The number of piperidine rings is 1. The molecule has 2 amide bonds. The van der Waals surface area contributed by atoms with Crippen molar-refractivity contribution >= 4 is 45.4 Å². The van der Waals surface area contributed by atoms with Gasteiger partial charge in [0.2, 0.25) is 15.9 Å². The topological polar surface area (TPSA) is 205 Å². The number of aromatic amines is 1. The zero-order valence-electron chi connectivity index (χ0n) is 25.5. The lowest BCUT2D eigenvalue weighted by Crippen LogP contribution is -2.42. The second kappa shape index (κ2) is 14.0. The summed E-state index contributed by atoms with van der Waals surface area (Å²) in [4.78, 5) is 37.3. The highest BCUT2D eigenvalue weighted by Gasteiger charge is 2.42. The smallest absolute Gasteiger partial charge is 0.409 e. The van der Waals surface area contributed by atoms with Gasteiger partial charge in [0.25, 0.3) is 5.56 Å². The van der Waals surface area contributed by atoms with Crippen LogP contribution in [0.4, 0.5) is 10.5 Å². The third-order valence-electron chi connectivity index (χ3n) is 8.30. The SMILES string of the molecule is O=C(O)Nc1ccc(-c2cc([C@H](CC3CCCN(S(=O)(=O)C4CC4)C3)NC(=O)/C=C/c3cc(Cl)ccc3-n3cnnn3)n[nH]c2=O)cc1. The quantitative estimate of drug-likeness (QED) is 0.168. The molecule has 15 nitrogen and oxygen atoms in total. The summed E-state index contributed by atoms with van der Waals surface area (Å²) < 4.78 is 29.1. The first-order valence-corrected chi connectivity index (χ1v) is 17.2. The van der Waals surface area contributed by atoms with Gasteiger partial charge in [-0.25, -0.2) is 22.6 Å². The van der Waals surface area contributed by atoms with E-state index >= 15 is 0 Å². The first-order valence-electron chi connectivity index (χ1n) is 15.3. The minimum atomic E-state index is -3.37. The molecule has 2 fully saturated rings. The molecule has 4 N–H and O–H groups in total. The third-order valence-corrected chi connectivity index (χ3v) is 10.9. The molecule has 1 saturated carbocycles. The number of aromatic nitrogens is 6. The highest BCUT2D eigenvalue weighted by Crippen LogP contribution is 2.35. The Hall–Kier alpha value is -4.93. The molecular weight excluding hydrogens is 662 g/mol. The van der Waals surface area contributed by atoms with Crippen LogP contribution in [0.5, 0.6) is 0 Å². The minimum absolute atomic E-state index is 0.0838. The van der Waals surface area contributed by atoms with Crippen LogP contribution in [0.25, 0.3) is 22.9 Å². The molecule has 2 aliphatic rings. The van der Waals surface area contributed by atoms with Crippen LogP contribution < -0.4 is 16.2 Å². The molecule has 1 aliphatic heterocycles. The van der Waals surface area contributed by atoms with Gasteiger partial charge in [-0.15, -0.1) is 5.10 Å². The number of sulfonamides is 1. The normalized spacial score (nSPS) is 17.6. The number of halogens is 1. The Morgan fingerprint density at radius 3 is 2.62 bits per heavy atom. The van der Waals surface area contributed by atoms with Crippen molar-refractivity contribution in [2.24, 2.45) is 5.92 Å². The van der Waals surface area contributed by atoms with Gasteiger partial charge in [-0.3, -0.25) is 14.9 Å². The number of carboxylic acid groups (broad SMARTS) is 1. The largest absolute Gasteiger partial charge is 0.465 e. The van der Waals surface area contributed by atoms with E-state index in [2.05, 4.69) is 36.4 Å². The molecule has 0 radical (unpaired) electrons. The van der Waals surface area contributed by atoms with Gasteiger partial charge in [0.15, 0.2) is 0 Å². The Balaban J connectivity index is 1.28. The predicted octanol–water partition coefficient (Wildman–Crippen LogP) is 3.62. The number of nitrogens with zero attached hydrogens (tertiary/aromatic N) is 6. The van der Waals surface area contributed by atoms with Gasteiger partial charge in [0.05, 0.1) is 28.2 Å². The van der Waals surface area contributed by atoms with Crippen LogP contribution >= 0.6 is 11.6 Å². The van der Waals surface area contributed by atoms with E-state index in [4.69, 9.17) is 16.7 Å². The number of anilines is 1. The molecule has 2 aromatic heterocycles. The molecule has 250 valence electrons. The summed E-state index contributed by atoms with van der Waals surface area (Å²) in [5.41, 5.74) is 2.19. The van der Waals surface area contributed by atoms with Crippen molar-refractivity contribution in [1.82, 2.24) is 40.0 Å². The summed E-state index contributed by atoms with van der Waals surface area (Å²) >= 11 is 6.23. The number of benzene rings is 2. The van der Waals surface area contributed by atoms with Gasteiger partial charge in [0.1, 0.15) is 6.33 Å². The maximum Gasteiger partial charge on any atom is 0.409 e. The zero-order valence-corrected chi connectivity index (χ0v) is 27.1. The van der Waals surface area contributed by atoms with Gasteiger partial charge in [-0.2, -0.15) is 9.78 Å². The van der Waals surface area contributed by atoms with E-state index in [-0.39, 0.29) is 16.7 Å². The number of hydrogen-bond donors (Lipinski definition) is 4. The van der Waals surface area contributed by atoms with Gasteiger partial charge >= 0.3 is 6.09 Å². The molecule has 48 heavy (non-hydrogen) atoms. The van der Waals surface area contributed by atoms with Crippen LogP contribution in [0.2, 0.25) is 5.02 Å². The summed E-state index contributed by atoms with van der Waals surface area (Å²) in [5.74, 6) is -0.543. The number of hydrogen-bond acceptors (Lipinski definition) is 9. The van der Waals surface area contributed by atoms with E-state index < -0.39 is 33.6 Å². The van der Waals surface area contributed by atoms with Crippen molar-refractivity contribution in [3.05, 3.63) is 87.6 Å². The van der Waals surface area contributed by atoms with Crippen molar-refractivity contribution in [2.45, 2.75) is 43.4 Å². The predicted molar refractivity (Wildman–Crippen MR) is 177 cm³/mol. The maximum absolute atomic E-state index is 13.5. The van der Waals surface area contributed by atoms with Crippen molar-refractivity contribution in [3.63, 3.8) is 0 Å². The second-order valence-electron chi connectivity index (χ2n) is 11.7. The Labute approximate surface area is 280 Å².